The summed E-state index contributed by atoms with van der Waals surface area (Å²) in [7, 11) is 0. The van der Waals surface area contributed by atoms with Crippen molar-refractivity contribution < 1.29 is 9.84 Å². The van der Waals surface area contributed by atoms with Gasteiger partial charge >= 0.3 is 0 Å². The first-order valence-corrected chi connectivity index (χ1v) is 6.78. The van der Waals surface area contributed by atoms with Crippen LogP contribution in [0.1, 0.15) is 66.7 Å². The highest BCUT2D eigenvalue weighted by molar-refractivity contribution is 5.15. The number of rotatable bonds is 0. The molecule has 1 N–H and O–H groups in total. The second-order valence-corrected chi connectivity index (χ2v) is 7.00. The highest BCUT2D eigenvalue weighted by Crippen LogP contribution is 2.63. The molecular formula is C15H28O2. The molecule has 2 bridgehead atoms. The molecule has 1 heterocycles. The molecule has 2 nitrogen and oxygen atoms in total. The van der Waals surface area contributed by atoms with Gasteiger partial charge in [0.2, 0.25) is 0 Å². The molecule has 2 aliphatic carbocycles. The van der Waals surface area contributed by atoms with Crippen molar-refractivity contribution in [2.24, 2.45) is 11.3 Å². The Labute approximate surface area is 106 Å². The molecular weight excluding hydrogens is 212 g/mol. The Morgan fingerprint density at radius 1 is 1.12 bits per heavy atom. The summed E-state index contributed by atoms with van der Waals surface area (Å²) in [6, 6.07) is 0. The van der Waals surface area contributed by atoms with E-state index >= 15 is 0 Å². The number of hydrogen-bond donors (Lipinski definition) is 1. The summed E-state index contributed by atoms with van der Waals surface area (Å²) in [6.07, 6.45) is 6.67. The third-order valence-electron chi connectivity index (χ3n) is 5.79. The smallest absolute Gasteiger partial charge is 0.100 e. The maximum atomic E-state index is 10.5. The number of fused-ring (bicyclic) bond motifs is 1. The summed E-state index contributed by atoms with van der Waals surface area (Å²) in [5.74, 6) is 0.647. The Balaban J connectivity index is 0.00000108. The molecule has 0 aromatic heterocycles. The summed E-state index contributed by atoms with van der Waals surface area (Å²) in [5, 5.41) is 10.5. The summed E-state index contributed by atoms with van der Waals surface area (Å²) in [5.41, 5.74) is -0.0390. The van der Waals surface area contributed by atoms with E-state index in [1.807, 2.05) is 0 Å². The molecule has 1 spiro atoms. The number of hydrogen-bond acceptors (Lipinski definition) is 2. The van der Waals surface area contributed by atoms with Crippen molar-refractivity contribution in [1.29, 1.82) is 0 Å². The van der Waals surface area contributed by atoms with E-state index in [1.54, 1.807) is 0 Å². The van der Waals surface area contributed by atoms with Gasteiger partial charge in [-0.25, -0.2) is 0 Å². The van der Waals surface area contributed by atoms with Gasteiger partial charge in [-0.1, -0.05) is 20.8 Å². The zero-order valence-electron chi connectivity index (χ0n) is 10.8. The van der Waals surface area contributed by atoms with Crippen LogP contribution in [0.4, 0.5) is 0 Å². The van der Waals surface area contributed by atoms with E-state index in [4.69, 9.17) is 4.74 Å². The molecule has 17 heavy (non-hydrogen) atoms. The SMILES string of the molecule is C.CC1(C)O[C@]23C[C@H]1CC[C@]2(C)CCC[C@@H]3O. The zero-order valence-corrected chi connectivity index (χ0v) is 10.8. The van der Waals surface area contributed by atoms with Crippen molar-refractivity contribution in [3.05, 3.63) is 0 Å². The normalized spacial score (nSPS) is 51.5. The van der Waals surface area contributed by atoms with Gasteiger partial charge in [0.15, 0.2) is 0 Å². The molecule has 3 aliphatic rings. The third-order valence-corrected chi connectivity index (χ3v) is 5.79. The van der Waals surface area contributed by atoms with E-state index in [0.29, 0.717) is 5.92 Å². The van der Waals surface area contributed by atoms with Crippen LogP contribution in [-0.2, 0) is 4.74 Å². The van der Waals surface area contributed by atoms with Gasteiger partial charge < -0.3 is 9.84 Å². The quantitative estimate of drug-likeness (QED) is 0.702. The van der Waals surface area contributed by atoms with Crippen LogP contribution in [-0.4, -0.2) is 22.4 Å². The second-order valence-electron chi connectivity index (χ2n) is 7.00. The molecule has 0 radical (unpaired) electrons. The lowest BCUT2D eigenvalue weighted by molar-refractivity contribution is -0.218. The first kappa shape index (κ1) is 13.4. The van der Waals surface area contributed by atoms with E-state index in [1.165, 1.54) is 19.3 Å². The fraction of sp³-hybridized carbons (Fsp3) is 1.00. The van der Waals surface area contributed by atoms with Crippen LogP contribution >= 0.6 is 0 Å². The fourth-order valence-electron chi connectivity index (χ4n) is 4.59. The Morgan fingerprint density at radius 3 is 2.53 bits per heavy atom. The van der Waals surface area contributed by atoms with Crippen molar-refractivity contribution in [1.82, 2.24) is 0 Å². The Kier molecular flexibility index (Phi) is 2.91. The highest BCUT2D eigenvalue weighted by Gasteiger charge is 2.66. The average Bonchev–Trinajstić information content (AvgIpc) is 2.42. The van der Waals surface area contributed by atoms with Crippen LogP contribution in [0.2, 0.25) is 0 Å². The second kappa shape index (κ2) is 3.71. The van der Waals surface area contributed by atoms with Crippen LogP contribution in [0.5, 0.6) is 0 Å². The van der Waals surface area contributed by atoms with Crippen molar-refractivity contribution in [3.63, 3.8) is 0 Å². The summed E-state index contributed by atoms with van der Waals surface area (Å²) in [4.78, 5) is 0. The summed E-state index contributed by atoms with van der Waals surface area (Å²) >= 11 is 0. The van der Waals surface area contributed by atoms with Crippen LogP contribution in [0, 0.1) is 11.3 Å². The Hall–Kier alpha value is -0.0800. The standard InChI is InChI=1S/C14H24O2.CH4/c1-12(2)10-6-8-13(3)7-4-5-11(15)14(13,9-10)16-12;/h10-11,15H,4-9H2,1-3H3;1H4/t10-,11+,13+,14+;/m1./s1. The lowest BCUT2D eigenvalue weighted by atomic mass is 9.55. The van der Waals surface area contributed by atoms with Crippen molar-refractivity contribution in [3.8, 4) is 0 Å². The molecule has 0 aromatic rings. The lowest BCUT2D eigenvalue weighted by Crippen LogP contribution is -2.58. The monoisotopic (exact) mass is 240 g/mol. The first-order chi connectivity index (χ1) is 7.40. The molecule has 0 amide bonds. The minimum absolute atomic E-state index is 0. The van der Waals surface area contributed by atoms with Gasteiger partial charge in [0.1, 0.15) is 5.60 Å². The number of aliphatic hydroxyl groups is 1. The maximum absolute atomic E-state index is 10.5. The molecule has 2 heteroatoms. The average molecular weight is 240 g/mol. The number of ether oxygens (including phenoxy) is 1. The largest absolute Gasteiger partial charge is 0.390 e. The van der Waals surface area contributed by atoms with E-state index < -0.39 is 0 Å². The highest BCUT2D eigenvalue weighted by atomic mass is 16.5. The van der Waals surface area contributed by atoms with Crippen molar-refractivity contribution in [2.75, 3.05) is 0 Å². The molecule has 1 saturated heterocycles. The molecule has 0 aromatic carbocycles. The minimum Gasteiger partial charge on any atom is -0.390 e. The Bertz CT molecular complexity index is 312. The summed E-state index contributed by atoms with van der Waals surface area (Å²) in [6.45, 7) is 6.76. The van der Waals surface area contributed by atoms with E-state index in [0.717, 1.165) is 19.3 Å². The molecule has 0 unspecified atom stereocenters. The van der Waals surface area contributed by atoms with Gasteiger partial charge in [-0.3, -0.25) is 0 Å². The molecule has 100 valence electrons. The molecule has 3 fully saturated rings. The fourth-order valence-corrected chi connectivity index (χ4v) is 4.59. The van der Waals surface area contributed by atoms with Crippen molar-refractivity contribution in [2.45, 2.75) is 84.0 Å². The zero-order chi connectivity index (χ0) is 11.6. The molecule has 1 aliphatic heterocycles. The van der Waals surface area contributed by atoms with Crippen molar-refractivity contribution >= 4 is 0 Å². The van der Waals surface area contributed by atoms with Crippen LogP contribution in [0.15, 0.2) is 0 Å². The van der Waals surface area contributed by atoms with Gasteiger partial charge in [-0.05, 0) is 57.3 Å². The predicted octanol–water partition coefficient (Wildman–Crippen LogP) is 3.52. The van der Waals surface area contributed by atoms with Crippen LogP contribution in [0.25, 0.3) is 0 Å². The minimum atomic E-state index is -0.240. The number of aliphatic hydroxyl groups excluding tert-OH is 1. The van der Waals surface area contributed by atoms with Gasteiger partial charge in [0, 0.05) is 0 Å². The van der Waals surface area contributed by atoms with Gasteiger partial charge in [-0.2, -0.15) is 0 Å². The van der Waals surface area contributed by atoms with E-state index in [9.17, 15) is 5.11 Å². The van der Waals surface area contributed by atoms with E-state index in [-0.39, 0.29) is 30.1 Å². The molecule has 2 saturated carbocycles. The Morgan fingerprint density at radius 2 is 1.82 bits per heavy atom. The summed E-state index contributed by atoms with van der Waals surface area (Å²) < 4.78 is 6.43. The maximum Gasteiger partial charge on any atom is 0.100 e. The molecule has 4 atom stereocenters. The van der Waals surface area contributed by atoms with Gasteiger partial charge in [0.25, 0.3) is 0 Å². The third kappa shape index (κ3) is 1.53. The topological polar surface area (TPSA) is 29.5 Å². The molecule has 3 rings (SSSR count). The van der Waals surface area contributed by atoms with Gasteiger partial charge in [-0.15, -0.1) is 0 Å². The first-order valence-electron chi connectivity index (χ1n) is 6.78. The lowest BCUT2D eigenvalue weighted by Gasteiger charge is -2.54. The predicted molar refractivity (Wildman–Crippen MR) is 69.9 cm³/mol. The van der Waals surface area contributed by atoms with Gasteiger partial charge in [0.05, 0.1) is 11.7 Å². The van der Waals surface area contributed by atoms with E-state index in [2.05, 4.69) is 20.8 Å². The van der Waals surface area contributed by atoms with Crippen LogP contribution < -0.4 is 0 Å². The van der Waals surface area contributed by atoms with Crippen LogP contribution in [0.3, 0.4) is 0 Å².